The molecule has 1 aromatic heterocycles. The van der Waals surface area contributed by atoms with Crippen molar-refractivity contribution in [1.82, 2.24) is 9.88 Å². The van der Waals surface area contributed by atoms with E-state index >= 15 is 0 Å². The van der Waals surface area contributed by atoms with Gasteiger partial charge >= 0.3 is 0 Å². The molecule has 0 radical (unpaired) electrons. The number of aliphatic hydroxyl groups is 1. The van der Waals surface area contributed by atoms with Crippen LogP contribution >= 0.6 is 0 Å². The normalized spacial score (nSPS) is 22.0. The average Bonchev–Trinajstić information content (AvgIpc) is 2.88. The van der Waals surface area contributed by atoms with E-state index in [1.54, 1.807) is 19.2 Å². The first-order valence-corrected chi connectivity index (χ1v) is 7.33. The zero-order chi connectivity index (χ0) is 15.5. The second-order valence-electron chi connectivity index (χ2n) is 5.56. The average molecular weight is 302 g/mol. The van der Waals surface area contributed by atoms with Crippen LogP contribution < -0.4 is 4.74 Å². The summed E-state index contributed by atoms with van der Waals surface area (Å²) in [5.74, 6) is 0.317. The third-order valence-corrected chi connectivity index (χ3v) is 3.97. The topological polar surface area (TPSA) is 45.6 Å². The third kappa shape index (κ3) is 3.26. The molecule has 1 fully saturated rings. The highest BCUT2D eigenvalue weighted by molar-refractivity contribution is 5.22. The highest BCUT2D eigenvalue weighted by Gasteiger charge is 2.32. The van der Waals surface area contributed by atoms with Crippen LogP contribution in [-0.2, 0) is 6.54 Å². The largest absolute Gasteiger partial charge is 0.481 e. The molecule has 1 N–H and O–H groups in total. The molecule has 2 atom stereocenters. The van der Waals surface area contributed by atoms with Crippen molar-refractivity contribution in [3.05, 3.63) is 59.5 Å². The molecule has 0 spiro atoms. The maximum Gasteiger partial charge on any atom is 0.213 e. The molecular formula is C17H19FN2O2. The highest BCUT2D eigenvalue weighted by Crippen LogP contribution is 2.33. The predicted molar refractivity (Wildman–Crippen MR) is 81.0 cm³/mol. The molecule has 3 rings (SSSR count). The van der Waals surface area contributed by atoms with Crippen LogP contribution in [0.3, 0.4) is 0 Å². The molecule has 1 aromatic carbocycles. The van der Waals surface area contributed by atoms with E-state index in [-0.39, 0.29) is 11.9 Å². The van der Waals surface area contributed by atoms with Crippen molar-refractivity contribution in [3.8, 4) is 5.88 Å². The summed E-state index contributed by atoms with van der Waals surface area (Å²) in [6.07, 6.45) is 0.201. The van der Waals surface area contributed by atoms with Gasteiger partial charge in [0.25, 0.3) is 0 Å². The highest BCUT2D eigenvalue weighted by atomic mass is 19.1. The maximum absolute atomic E-state index is 13.5. The monoisotopic (exact) mass is 302 g/mol. The third-order valence-electron chi connectivity index (χ3n) is 3.97. The van der Waals surface area contributed by atoms with Crippen molar-refractivity contribution in [2.45, 2.75) is 25.1 Å². The second kappa shape index (κ2) is 6.42. The lowest BCUT2D eigenvalue weighted by atomic mass is 10.0. The smallest absolute Gasteiger partial charge is 0.213 e. The van der Waals surface area contributed by atoms with Crippen LogP contribution in [0, 0.1) is 5.82 Å². The summed E-state index contributed by atoms with van der Waals surface area (Å²) < 4.78 is 18.6. The van der Waals surface area contributed by atoms with Crippen LogP contribution in [0.15, 0.2) is 42.5 Å². The van der Waals surface area contributed by atoms with Gasteiger partial charge in [-0.25, -0.2) is 9.37 Å². The summed E-state index contributed by atoms with van der Waals surface area (Å²) in [7, 11) is 1.58. The van der Waals surface area contributed by atoms with E-state index < -0.39 is 6.10 Å². The molecule has 1 saturated heterocycles. The molecule has 0 aliphatic carbocycles. The summed E-state index contributed by atoms with van der Waals surface area (Å²) in [6.45, 7) is 1.15. The van der Waals surface area contributed by atoms with Crippen LogP contribution in [0.2, 0.25) is 0 Å². The van der Waals surface area contributed by atoms with Gasteiger partial charge in [-0.1, -0.05) is 18.2 Å². The number of hydrogen-bond donors (Lipinski definition) is 1. The van der Waals surface area contributed by atoms with Crippen molar-refractivity contribution >= 4 is 0 Å². The second-order valence-corrected chi connectivity index (χ2v) is 5.56. The minimum absolute atomic E-state index is 0.00120. The number of likely N-dealkylation sites (tertiary alicyclic amines) is 1. The van der Waals surface area contributed by atoms with E-state index in [1.807, 2.05) is 18.2 Å². The number of ether oxygens (including phenoxy) is 1. The van der Waals surface area contributed by atoms with Crippen LogP contribution in [0.25, 0.3) is 0 Å². The van der Waals surface area contributed by atoms with Crippen molar-refractivity contribution in [3.63, 3.8) is 0 Å². The Bertz CT molecular complexity index is 650. The summed E-state index contributed by atoms with van der Waals surface area (Å²) in [4.78, 5) is 6.53. The number of halogens is 1. The summed E-state index contributed by atoms with van der Waals surface area (Å²) in [5.41, 5.74) is 1.76. The molecule has 116 valence electrons. The van der Waals surface area contributed by atoms with E-state index in [9.17, 15) is 9.50 Å². The lowest BCUT2D eigenvalue weighted by molar-refractivity contribution is 0.172. The molecule has 2 heterocycles. The van der Waals surface area contributed by atoms with Gasteiger partial charge in [-0.15, -0.1) is 0 Å². The van der Waals surface area contributed by atoms with Gasteiger partial charge in [0.1, 0.15) is 5.82 Å². The molecule has 0 bridgehead atoms. The van der Waals surface area contributed by atoms with Crippen molar-refractivity contribution in [2.75, 3.05) is 13.7 Å². The van der Waals surface area contributed by atoms with Gasteiger partial charge in [0.15, 0.2) is 0 Å². The first-order valence-electron chi connectivity index (χ1n) is 7.33. The zero-order valence-corrected chi connectivity index (χ0v) is 12.4. The number of benzene rings is 1. The van der Waals surface area contributed by atoms with E-state index in [1.165, 1.54) is 12.1 Å². The molecule has 0 unspecified atom stereocenters. The number of β-amino-alcohol motifs (C(OH)–C–C–N with tert-alkyl or cyclic N) is 1. The van der Waals surface area contributed by atoms with Gasteiger partial charge in [0.05, 0.1) is 18.9 Å². The Morgan fingerprint density at radius 2 is 2.14 bits per heavy atom. The fourth-order valence-corrected chi connectivity index (χ4v) is 2.98. The molecule has 1 aliphatic rings. The van der Waals surface area contributed by atoms with Gasteiger partial charge in [0.2, 0.25) is 5.88 Å². The molecule has 0 saturated carbocycles. The lowest BCUT2D eigenvalue weighted by Gasteiger charge is -2.24. The molecule has 4 nitrogen and oxygen atoms in total. The number of hydrogen-bond acceptors (Lipinski definition) is 4. The Morgan fingerprint density at radius 1 is 1.32 bits per heavy atom. The minimum Gasteiger partial charge on any atom is -0.481 e. The molecular weight excluding hydrogens is 283 g/mol. The molecule has 5 heteroatoms. The fraction of sp³-hybridized carbons (Fsp3) is 0.353. The summed E-state index contributed by atoms with van der Waals surface area (Å²) in [6, 6.07) is 12.2. The predicted octanol–water partition coefficient (Wildman–Crippen LogP) is 2.54. The summed E-state index contributed by atoms with van der Waals surface area (Å²) >= 11 is 0. The quantitative estimate of drug-likeness (QED) is 0.943. The minimum atomic E-state index is -0.404. The van der Waals surface area contributed by atoms with E-state index in [4.69, 9.17) is 4.74 Å². The van der Waals surface area contributed by atoms with E-state index in [0.29, 0.717) is 25.4 Å². The SMILES string of the molecule is COc1cccc(CN2C[C@@H](O)C[C@H]2c2cccc(F)c2)n1. The Kier molecular flexibility index (Phi) is 4.36. The number of aliphatic hydroxyl groups excluding tert-OH is 1. The van der Waals surface area contributed by atoms with Gasteiger partial charge in [-0.2, -0.15) is 0 Å². The number of methoxy groups -OCH3 is 1. The Morgan fingerprint density at radius 3 is 2.91 bits per heavy atom. The van der Waals surface area contributed by atoms with Gasteiger partial charge in [-0.05, 0) is 30.2 Å². The number of rotatable bonds is 4. The number of aromatic nitrogens is 1. The molecule has 22 heavy (non-hydrogen) atoms. The van der Waals surface area contributed by atoms with Gasteiger partial charge in [-0.3, -0.25) is 4.90 Å². The Hall–Kier alpha value is -1.98. The first-order chi connectivity index (χ1) is 10.7. The number of pyridine rings is 1. The van der Waals surface area contributed by atoms with Crippen LogP contribution in [0.4, 0.5) is 4.39 Å². The zero-order valence-electron chi connectivity index (χ0n) is 12.4. The standard InChI is InChI=1S/C17H19FN2O2/c1-22-17-7-3-6-14(19-17)10-20-11-15(21)9-16(20)12-4-2-5-13(18)8-12/h2-8,15-16,21H,9-11H2,1H3/t15-,16-/m0/s1. The van der Waals surface area contributed by atoms with Crippen molar-refractivity contribution in [2.24, 2.45) is 0 Å². The molecule has 1 aliphatic heterocycles. The van der Waals surface area contributed by atoms with Gasteiger partial charge in [0, 0.05) is 25.2 Å². The van der Waals surface area contributed by atoms with Crippen molar-refractivity contribution < 1.29 is 14.2 Å². The fourth-order valence-electron chi connectivity index (χ4n) is 2.98. The van der Waals surface area contributed by atoms with Crippen LogP contribution in [0.5, 0.6) is 5.88 Å². The first kappa shape index (κ1) is 14.9. The van der Waals surface area contributed by atoms with Crippen LogP contribution in [-0.4, -0.2) is 34.7 Å². The van der Waals surface area contributed by atoms with Gasteiger partial charge < -0.3 is 9.84 Å². The summed E-state index contributed by atoms with van der Waals surface area (Å²) in [5, 5.41) is 10.00. The number of nitrogens with zero attached hydrogens (tertiary/aromatic N) is 2. The maximum atomic E-state index is 13.5. The Balaban J connectivity index is 1.81. The van der Waals surface area contributed by atoms with E-state index in [2.05, 4.69) is 9.88 Å². The molecule has 2 aromatic rings. The van der Waals surface area contributed by atoms with E-state index in [0.717, 1.165) is 11.3 Å². The lowest BCUT2D eigenvalue weighted by Crippen LogP contribution is -2.24. The van der Waals surface area contributed by atoms with Crippen molar-refractivity contribution in [1.29, 1.82) is 0 Å². The Labute approximate surface area is 129 Å². The van der Waals surface area contributed by atoms with Crippen LogP contribution in [0.1, 0.15) is 23.7 Å². The molecule has 0 amide bonds.